The van der Waals surface area contributed by atoms with Gasteiger partial charge in [-0.15, -0.1) is 11.3 Å². The van der Waals surface area contributed by atoms with Gasteiger partial charge in [0.05, 0.1) is 31.2 Å². The molecule has 1 aromatic carbocycles. The molecular formula is C19H20N4O4S2. The molecule has 2 amide bonds. The lowest BCUT2D eigenvalue weighted by atomic mass is 10.1. The Morgan fingerprint density at radius 2 is 1.86 bits per heavy atom. The van der Waals surface area contributed by atoms with Crippen molar-refractivity contribution in [3.05, 3.63) is 34.5 Å². The number of aryl methyl sites for hydroxylation is 2. The molecule has 2 heterocycles. The van der Waals surface area contributed by atoms with E-state index in [0.717, 1.165) is 20.8 Å². The van der Waals surface area contributed by atoms with Crippen LogP contribution in [0.2, 0.25) is 0 Å². The first-order chi connectivity index (χ1) is 13.8. The Hall–Kier alpha value is -2.85. The number of rotatable bonds is 7. The predicted molar refractivity (Wildman–Crippen MR) is 114 cm³/mol. The van der Waals surface area contributed by atoms with E-state index in [-0.39, 0.29) is 22.9 Å². The molecule has 0 bridgehead atoms. The number of carbonyl (C=O) groups is 2. The van der Waals surface area contributed by atoms with E-state index in [9.17, 15) is 9.59 Å². The third kappa shape index (κ3) is 4.28. The highest BCUT2D eigenvalue weighted by molar-refractivity contribution is 8.00. The summed E-state index contributed by atoms with van der Waals surface area (Å²) in [7, 11) is 2.92. The van der Waals surface area contributed by atoms with E-state index in [1.165, 1.54) is 49.3 Å². The Kier molecular flexibility index (Phi) is 6.23. The Morgan fingerprint density at radius 1 is 1.17 bits per heavy atom. The standard InChI is InChI=1S/C19H20N4O4S2/c1-9-10(2)29-19-16(9)18(21-8-22-19)28-7-15(24)23-12-6-14(27-4)13(26-3)5-11(12)17(20)25/h5-6,8H,7H2,1-4H3,(H2,20,25)(H,23,24). The Labute approximate surface area is 175 Å². The van der Waals surface area contributed by atoms with Crippen molar-refractivity contribution in [2.45, 2.75) is 18.9 Å². The van der Waals surface area contributed by atoms with Crippen LogP contribution in [-0.4, -0.2) is 41.8 Å². The Morgan fingerprint density at radius 3 is 2.52 bits per heavy atom. The molecule has 3 N–H and O–H groups in total. The zero-order chi connectivity index (χ0) is 21.1. The largest absolute Gasteiger partial charge is 0.493 e. The highest BCUT2D eigenvalue weighted by Crippen LogP contribution is 2.35. The second-order valence-corrected chi connectivity index (χ2v) is 8.26. The molecule has 10 heteroatoms. The Bertz CT molecular complexity index is 1100. The molecule has 3 aromatic rings. The molecule has 0 spiro atoms. The molecule has 2 aromatic heterocycles. The van der Waals surface area contributed by atoms with E-state index in [1.807, 2.05) is 13.8 Å². The fourth-order valence-corrected chi connectivity index (χ4v) is 4.68. The maximum Gasteiger partial charge on any atom is 0.250 e. The number of nitrogens with two attached hydrogens (primary N) is 1. The molecule has 0 atom stereocenters. The SMILES string of the molecule is COc1cc(NC(=O)CSc2ncnc3sc(C)c(C)c23)c(C(N)=O)cc1OC. The third-order valence-electron chi connectivity index (χ3n) is 4.33. The van der Waals surface area contributed by atoms with Crippen molar-refractivity contribution in [1.29, 1.82) is 0 Å². The number of aromatic nitrogens is 2. The van der Waals surface area contributed by atoms with Crippen LogP contribution in [0.25, 0.3) is 10.2 Å². The minimum atomic E-state index is -0.684. The van der Waals surface area contributed by atoms with E-state index >= 15 is 0 Å². The molecule has 0 radical (unpaired) electrons. The zero-order valence-corrected chi connectivity index (χ0v) is 18.0. The van der Waals surface area contributed by atoms with Crippen LogP contribution >= 0.6 is 23.1 Å². The first-order valence-electron chi connectivity index (χ1n) is 8.54. The number of hydrogen-bond acceptors (Lipinski definition) is 8. The summed E-state index contributed by atoms with van der Waals surface area (Å²) in [4.78, 5) is 35.0. The van der Waals surface area contributed by atoms with Crippen LogP contribution in [0.1, 0.15) is 20.8 Å². The quantitative estimate of drug-likeness (QED) is 0.435. The van der Waals surface area contributed by atoms with Crippen LogP contribution < -0.4 is 20.5 Å². The molecule has 0 fully saturated rings. The maximum atomic E-state index is 12.5. The lowest BCUT2D eigenvalue weighted by molar-refractivity contribution is -0.113. The van der Waals surface area contributed by atoms with Crippen molar-refractivity contribution in [2.24, 2.45) is 5.73 Å². The highest BCUT2D eigenvalue weighted by atomic mass is 32.2. The van der Waals surface area contributed by atoms with Crippen LogP contribution in [0.3, 0.4) is 0 Å². The van der Waals surface area contributed by atoms with Gasteiger partial charge in [-0.05, 0) is 25.5 Å². The molecular weight excluding hydrogens is 412 g/mol. The van der Waals surface area contributed by atoms with Gasteiger partial charge in [-0.2, -0.15) is 0 Å². The number of carbonyl (C=O) groups excluding carboxylic acids is 2. The van der Waals surface area contributed by atoms with Crippen molar-refractivity contribution < 1.29 is 19.1 Å². The van der Waals surface area contributed by atoms with E-state index in [0.29, 0.717) is 11.5 Å². The molecule has 0 aliphatic heterocycles. The highest BCUT2D eigenvalue weighted by Gasteiger charge is 2.18. The van der Waals surface area contributed by atoms with Crippen molar-refractivity contribution in [2.75, 3.05) is 25.3 Å². The minimum absolute atomic E-state index is 0.104. The van der Waals surface area contributed by atoms with Gasteiger partial charge in [0, 0.05) is 16.3 Å². The van der Waals surface area contributed by atoms with Crippen LogP contribution in [0, 0.1) is 13.8 Å². The van der Waals surface area contributed by atoms with Gasteiger partial charge in [-0.1, -0.05) is 11.8 Å². The van der Waals surface area contributed by atoms with Crippen molar-refractivity contribution in [1.82, 2.24) is 9.97 Å². The van der Waals surface area contributed by atoms with Crippen LogP contribution in [-0.2, 0) is 4.79 Å². The minimum Gasteiger partial charge on any atom is -0.493 e. The van der Waals surface area contributed by atoms with Gasteiger partial charge in [0.25, 0.3) is 5.91 Å². The fraction of sp³-hybridized carbons (Fsp3) is 0.263. The number of ether oxygens (including phenoxy) is 2. The summed E-state index contributed by atoms with van der Waals surface area (Å²) < 4.78 is 10.4. The molecule has 8 nitrogen and oxygen atoms in total. The summed E-state index contributed by atoms with van der Waals surface area (Å²) in [6.45, 7) is 4.05. The number of anilines is 1. The van der Waals surface area contributed by atoms with Crippen LogP contribution in [0.15, 0.2) is 23.5 Å². The lowest BCUT2D eigenvalue weighted by Crippen LogP contribution is -2.20. The lowest BCUT2D eigenvalue weighted by Gasteiger charge is -2.14. The maximum absolute atomic E-state index is 12.5. The van der Waals surface area contributed by atoms with E-state index in [2.05, 4.69) is 15.3 Å². The number of hydrogen-bond donors (Lipinski definition) is 2. The van der Waals surface area contributed by atoms with Gasteiger partial charge in [-0.3, -0.25) is 9.59 Å². The molecule has 0 unspecified atom stereocenters. The molecule has 0 aliphatic carbocycles. The topological polar surface area (TPSA) is 116 Å². The van der Waals surface area contributed by atoms with E-state index in [1.54, 1.807) is 11.3 Å². The van der Waals surface area contributed by atoms with Gasteiger partial charge in [-0.25, -0.2) is 9.97 Å². The van der Waals surface area contributed by atoms with Crippen molar-refractivity contribution in [3.8, 4) is 11.5 Å². The van der Waals surface area contributed by atoms with Gasteiger partial charge in [0.2, 0.25) is 5.91 Å². The van der Waals surface area contributed by atoms with Gasteiger partial charge in [0.15, 0.2) is 11.5 Å². The smallest absolute Gasteiger partial charge is 0.250 e. The van der Waals surface area contributed by atoms with E-state index in [4.69, 9.17) is 15.2 Å². The Balaban J connectivity index is 1.81. The number of fused-ring (bicyclic) bond motifs is 1. The predicted octanol–water partition coefficient (Wildman–Crippen LogP) is 3.16. The van der Waals surface area contributed by atoms with Gasteiger partial charge < -0.3 is 20.5 Å². The number of nitrogens with zero attached hydrogens (tertiary/aromatic N) is 2. The van der Waals surface area contributed by atoms with Gasteiger partial charge in [0.1, 0.15) is 16.2 Å². The fourth-order valence-electron chi connectivity index (χ4n) is 2.77. The summed E-state index contributed by atoms with van der Waals surface area (Å²) in [5.74, 6) is -0.160. The average molecular weight is 433 g/mol. The zero-order valence-electron chi connectivity index (χ0n) is 16.4. The monoisotopic (exact) mass is 432 g/mol. The first kappa shape index (κ1) is 20.9. The second-order valence-electron chi connectivity index (χ2n) is 6.10. The number of amides is 2. The van der Waals surface area contributed by atoms with Crippen LogP contribution in [0.5, 0.6) is 11.5 Å². The number of thiophene rings is 1. The molecule has 3 rings (SSSR count). The molecule has 0 saturated heterocycles. The number of primary amides is 1. The molecule has 29 heavy (non-hydrogen) atoms. The first-order valence-corrected chi connectivity index (χ1v) is 10.3. The average Bonchev–Trinajstić information content (AvgIpc) is 3.00. The summed E-state index contributed by atoms with van der Waals surface area (Å²) >= 11 is 2.91. The molecule has 0 aliphatic rings. The number of nitrogens with one attached hydrogen (secondary N) is 1. The van der Waals surface area contributed by atoms with Crippen LogP contribution in [0.4, 0.5) is 5.69 Å². The molecule has 0 saturated carbocycles. The number of methoxy groups -OCH3 is 2. The van der Waals surface area contributed by atoms with Crippen molar-refractivity contribution in [3.63, 3.8) is 0 Å². The summed E-state index contributed by atoms with van der Waals surface area (Å²) in [5, 5.41) is 4.43. The third-order valence-corrected chi connectivity index (χ3v) is 6.44. The summed E-state index contributed by atoms with van der Waals surface area (Å²) in [6.07, 6.45) is 1.50. The number of thioether (sulfide) groups is 1. The number of benzene rings is 1. The summed E-state index contributed by atoms with van der Waals surface area (Å²) in [6, 6.07) is 2.95. The normalized spacial score (nSPS) is 10.8. The summed E-state index contributed by atoms with van der Waals surface area (Å²) in [5.41, 5.74) is 6.95. The van der Waals surface area contributed by atoms with Gasteiger partial charge >= 0.3 is 0 Å². The van der Waals surface area contributed by atoms with Crippen molar-refractivity contribution >= 4 is 50.8 Å². The second kappa shape index (κ2) is 8.66. The van der Waals surface area contributed by atoms with E-state index < -0.39 is 5.91 Å². The molecule has 152 valence electrons.